The molecule has 0 saturated carbocycles. The summed E-state index contributed by atoms with van der Waals surface area (Å²) in [5, 5.41) is 0. The molecule has 0 radical (unpaired) electrons. The lowest BCUT2D eigenvalue weighted by Crippen LogP contribution is -2.36. The van der Waals surface area contributed by atoms with Crippen molar-refractivity contribution in [2.45, 2.75) is 0 Å². The molecule has 0 aliphatic carbocycles. The van der Waals surface area contributed by atoms with Gasteiger partial charge in [0, 0.05) is 30.2 Å². The zero-order valence-electron chi connectivity index (χ0n) is 10.0. The van der Waals surface area contributed by atoms with E-state index in [2.05, 4.69) is 4.90 Å². The van der Waals surface area contributed by atoms with Crippen molar-refractivity contribution in [1.82, 2.24) is 4.90 Å². The van der Waals surface area contributed by atoms with E-state index in [0.717, 1.165) is 35.9 Å². The van der Waals surface area contributed by atoms with Gasteiger partial charge in [-0.05, 0) is 24.3 Å². The molecule has 92 valence electrons. The number of methoxy groups -OCH3 is 1. The van der Waals surface area contributed by atoms with Gasteiger partial charge in [0.25, 0.3) is 0 Å². The summed E-state index contributed by atoms with van der Waals surface area (Å²) in [7, 11) is 1.63. The molecule has 0 aromatic heterocycles. The monoisotopic (exact) mass is 251 g/mol. The lowest BCUT2D eigenvalue weighted by Gasteiger charge is -2.25. The van der Waals surface area contributed by atoms with Crippen LogP contribution in [-0.4, -0.2) is 48.9 Å². The van der Waals surface area contributed by atoms with E-state index in [1.165, 1.54) is 0 Å². The summed E-state index contributed by atoms with van der Waals surface area (Å²) in [6.45, 7) is 2.58. The predicted octanol–water partition coefficient (Wildman–Crippen LogP) is 1.93. The molecule has 1 aliphatic rings. The zero-order valence-corrected chi connectivity index (χ0v) is 10.8. The van der Waals surface area contributed by atoms with Gasteiger partial charge in [-0.2, -0.15) is 11.8 Å². The maximum atomic E-state index is 12.0. The molecule has 3 nitrogen and oxygen atoms in total. The minimum atomic E-state index is 0.194. The number of ether oxygens (including phenoxy) is 1. The molecule has 17 heavy (non-hydrogen) atoms. The number of thioether (sulfide) groups is 1. The van der Waals surface area contributed by atoms with E-state index in [-0.39, 0.29) is 5.78 Å². The molecule has 0 spiro atoms. The fourth-order valence-electron chi connectivity index (χ4n) is 1.83. The Hall–Kier alpha value is -1.00. The number of nitrogens with zero attached hydrogens (tertiary/aromatic N) is 1. The number of ketones is 1. The third kappa shape index (κ3) is 3.48. The van der Waals surface area contributed by atoms with Crippen molar-refractivity contribution in [1.29, 1.82) is 0 Å². The van der Waals surface area contributed by atoms with Crippen molar-refractivity contribution in [3.8, 4) is 5.75 Å². The summed E-state index contributed by atoms with van der Waals surface area (Å²) in [6, 6.07) is 7.33. The van der Waals surface area contributed by atoms with Crippen LogP contribution < -0.4 is 4.74 Å². The molecule has 0 atom stereocenters. The average molecular weight is 251 g/mol. The number of rotatable bonds is 4. The van der Waals surface area contributed by atoms with Gasteiger partial charge in [-0.25, -0.2) is 0 Å². The smallest absolute Gasteiger partial charge is 0.176 e. The fourth-order valence-corrected chi connectivity index (χ4v) is 2.81. The van der Waals surface area contributed by atoms with Crippen LogP contribution in [0.25, 0.3) is 0 Å². The van der Waals surface area contributed by atoms with E-state index in [4.69, 9.17) is 4.74 Å². The van der Waals surface area contributed by atoms with Crippen molar-refractivity contribution in [2.75, 3.05) is 38.2 Å². The molecule has 0 unspecified atom stereocenters. The number of benzene rings is 1. The minimum absolute atomic E-state index is 0.194. The molecule has 1 saturated heterocycles. The number of hydrogen-bond acceptors (Lipinski definition) is 4. The zero-order chi connectivity index (χ0) is 12.1. The Balaban J connectivity index is 1.93. The fraction of sp³-hybridized carbons (Fsp3) is 0.462. The molecule has 0 bridgehead atoms. The van der Waals surface area contributed by atoms with Crippen molar-refractivity contribution < 1.29 is 9.53 Å². The molecule has 1 aromatic rings. The number of hydrogen-bond donors (Lipinski definition) is 0. The highest BCUT2D eigenvalue weighted by Crippen LogP contribution is 2.13. The van der Waals surface area contributed by atoms with Gasteiger partial charge in [-0.3, -0.25) is 9.69 Å². The highest BCUT2D eigenvalue weighted by Gasteiger charge is 2.15. The van der Waals surface area contributed by atoms with Gasteiger partial charge < -0.3 is 4.74 Å². The Morgan fingerprint density at radius 1 is 1.29 bits per heavy atom. The van der Waals surface area contributed by atoms with Gasteiger partial charge in [-0.1, -0.05) is 0 Å². The molecule has 0 N–H and O–H groups in total. The Morgan fingerprint density at radius 3 is 2.53 bits per heavy atom. The lowest BCUT2D eigenvalue weighted by molar-refractivity contribution is 0.0937. The summed E-state index contributed by atoms with van der Waals surface area (Å²) >= 11 is 1.96. The van der Waals surface area contributed by atoms with Crippen LogP contribution in [0, 0.1) is 0 Å². The Bertz CT molecular complexity index is 372. The van der Waals surface area contributed by atoms with Crippen molar-refractivity contribution >= 4 is 17.5 Å². The first-order valence-corrected chi connectivity index (χ1v) is 6.92. The van der Waals surface area contributed by atoms with Crippen LogP contribution in [0.1, 0.15) is 10.4 Å². The van der Waals surface area contributed by atoms with E-state index >= 15 is 0 Å². The first kappa shape index (κ1) is 12.5. The largest absolute Gasteiger partial charge is 0.497 e. The van der Waals surface area contributed by atoms with Crippen molar-refractivity contribution in [3.63, 3.8) is 0 Å². The molecule has 0 amide bonds. The maximum absolute atomic E-state index is 12.0. The number of Topliss-reactive ketones (excluding diaryl/α,β-unsaturated/α-hetero) is 1. The summed E-state index contributed by atoms with van der Waals surface area (Å²) in [4.78, 5) is 14.2. The summed E-state index contributed by atoms with van der Waals surface area (Å²) < 4.78 is 5.07. The van der Waals surface area contributed by atoms with Crippen molar-refractivity contribution in [3.05, 3.63) is 29.8 Å². The van der Waals surface area contributed by atoms with E-state index < -0.39 is 0 Å². The van der Waals surface area contributed by atoms with Gasteiger partial charge in [-0.15, -0.1) is 0 Å². The third-order valence-corrected chi connectivity index (χ3v) is 3.83. The number of carbonyl (C=O) groups is 1. The van der Waals surface area contributed by atoms with Crippen LogP contribution in [0.4, 0.5) is 0 Å². The van der Waals surface area contributed by atoms with Crippen LogP contribution in [0.2, 0.25) is 0 Å². The topological polar surface area (TPSA) is 29.5 Å². The number of carbonyl (C=O) groups excluding carboxylic acids is 1. The van der Waals surface area contributed by atoms with Crippen LogP contribution in [0.5, 0.6) is 5.75 Å². The Kier molecular flexibility index (Phi) is 4.45. The van der Waals surface area contributed by atoms with E-state index in [1.807, 2.05) is 36.0 Å². The van der Waals surface area contributed by atoms with Gasteiger partial charge in [0.1, 0.15) is 5.75 Å². The molecular formula is C13H17NO2S. The van der Waals surface area contributed by atoms with E-state index in [0.29, 0.717) is 6.54 Å². The third-order valence-electron chi connectivity index (χ3n) is 2.88. The molecule has 1 fully saturated rings. The van der Waals surface area contributed by atoms with E-state index in [1.54, 1.807) is 7.11 Å². The molecule has 1 heterocycles. The highest BCUT2D eigenvalue weighted by atomic mass is 32.2. The molecule has 2 rings (SSSR count). The summed E-state index contributed by atoms with van der Waals surface area (Å²) in [6.07, 6.45) is 0. The molecule has 1 aliphatic heterocycles. The lowest BCUT2D eigenvalue weighted by atomic mass is 10.1. The standard InChI is InChI=1S/C13H17NO2S/c1-16-12-4-2-11(3-5-12)13(15)10-14-6-8-17-9-7-14/h2-5H,6-10H2,1H3. The summed E-state index contributed by atoms with van der Waals surface area (Å²) in [5.41, 5.74) is 0.768. The maximum Gasteiger partial charge on any atom is 0.176 e. The van der Waals surface area contributed by atoms with Gasteiger partial charge in [0.05, 0.1) is 13.7 Å². The second-order valence-electron chi connectivity index (χ2n) is 4.04. The SMILES string of the molecule is COc1ccc(C(=O)CN2CCSCC2)cc1. The van der Waals surface area contributed by atoms with Gasteiger partial charge in [0.2, 0.25) is 0 Å². The van der Waals surface area contributed by atoms with Crippen LogP contribution in [0.3, 0.4) is 0 Å². The first-order chi connectivity index (χ1) is 8.29. The van der Waals surface area contributed by atoms with Crippen LogP contribution in [0.15, 0.2) is 24.3 Å². The predicted molar refractivity (Wildman–Crippen MR) is 71.1 cm³/mol. The highest BCUT2D eigenvalue weighted by molar-refractivity contribution is 7.99. The minimum Gasteiger partial charge on any atom is -0.497 e. The molecular weight excluding hydrogens is 234 g/mol. The first-order valence-electron chi connectivity index (χ1n) is 5.77. The van der Waals surface area contributed by atoms with E-state index in [9.17, 15) is 4.79 Å². The van der Waals surface area contributed by atoms with Gasteiger partial charge >= 0.3 is 0 Å². The Morgan fingerprint density at radius 2 is 1.94 bits per heavy atom. The molecule has 1 aromatic carbocycles. The quantitative estimate of drug-likeness (QED) is 0.765. The second kappa shape index (κ2) is 6.07. The van der Waals surface area contributed by atoms with Crippen LogP contribution >= 0.6 is 11.8 Å². The second-order valence-corrected chi connectivity index (χ2v) is 5.26. The van der Waals surface area contributed by atoms with Gasteiger partial charge in [0.15, 0.2) is 5.78 Å². The average Bonchev–Trinajstić information content (AvgIpc) is 2.40. The van der Waals surface area contributed by atoms with Crippen molar-refractivity contribution in [2.24, 2.45) is 0 Å². The Labute approximate surface area is 106 Å². The molecule has 4 heteroatoms. The summed E-state index contributed by atoms with van der Waals surface area (Å²) in [5.74, 6) is 3.25. The van der Waals surface area contributed by atoms with Crippen LogP contribution in [-0.2, 0) is 0 Å². The normalized spacial score (nSPS) is 16.8.